The molecule has 0 bridgehead atoms. The van der Waals surface area contributed by atoms with Crippen LogP contribution in [0.3, 0.4) is 0 Å². The van der Waals surface area contributed by atoms with Crippen LogP contribution in [0.5, 0.6) is 0 Å². The number of carboxylic acid groups (broad SMARTS) is 1. The van der Waals surface area contributed by atoms with Crippen LogP contribution in [0.2, 0.25) is 0 Å². The number of carbonyl (C=O) groups excluding carboxylic acids is 3. The first-order valence-corrected chi connectivity index (χ1v) is 21.7. The Balaban J connectivity index is 0.000000238. The molecule has 0 unspecified atom stereocenters. The average Bonchev–Trinajstić information content (AvgIpc) is 3.80. The van der Waals surface area contributed by atoms with Crippen LogP contribution < -0.4 is 10.6 Å². The molecular formula is C37H32F6N8O10S2. The zero-order valence-corrected chi connectivity index (χ0v) is 34.3. The number of sulfone groups is 2. The summed E-state index contributed by atoms with van der Waals surface area (Å²) < 4.78 is 130. The van der Waals surface area contributed by atoms with Crippen molar-refractivity contribution in [2.75, 3.05) is 41.8 Å². The molecular weight excluding hydrogens is 895 g/mol. The summed E-state index contributed by atoms with van der Waals surface area (Å²) >= 11 is 0. The Bertz CT molecular complexity index is 2990. The molecule has 6 aromatic heterocycles. The number of halogens is 6. The molecule has 0 saturated heterocycles. The number of carboxylic acids is 1. The van der Waals surface area contributed by atoms with Crippen molar-refractivity contribution in [3.8, 4) is 0 Å². The van der Waals surface area contributed by atoms with E-state index in [9.17, 15) is 67.5 Å². The lowest BCUT2D eigenvalue weighted by atomic mass is 10.2. The summed E-state index contributed by atoms with van der Waals surface area (Å²) in [5.74, 6) is -4.53. The lowest BCUT2D eigenvalue weighted by Crippen LogP contribution is -2.19. The van der Waals surface area contributed by atoms with E-state index in [-0.39, 0.29) is 58.1 Å². The number of alkyl halides is 6. The Morgan fingerprint density at radius 2 is 1.05 bits per heavy atom. The Morgan fingerprint density at radius 1 is 0.651 bits per heavy atom. The van der Waals surface area contributed by atoms with Crippen molar-refractivity contribution in [3.05, 3.63) is 119 Å². The van der Waals surface area contributed by atoms with E-state index in [4.69, 9.17) is 4.74 Å². The third-order valence-electron chi connectivity index (χ3n) is 8.42. The highest BCUT2D eigenvalue weighted by molar-refractivity contribution is 7.90. The van der Waals surface area contributed by atoms with Gasteiger partial charge in [-0.05, 0) is 36.4 Å². The van der Waals surface area contributed by atoms with Crippen LogP contribution in [0.4, 0.5) is 37.7 Å². The molecule has 3 N–H and O–H groups in total. The largest absolute Gasteiger partial charge is 0.478 e. The number of aryl methyl sites for hydroxylation is 2. The van der Waals surface area contributed by atoms with Gasteiger partial charge in [0.25, 0.3) is 11.8 Å². The minimum atomic E-state index is -4.75. The zero-order valence-electron chi connectivity index (χ0n) is 32.6. The number of methoxy groups -OCH3 is 1. The highest BCUT2D eigenvalue weighted by Gasteiger charge is 2.34. The topological polar surface area (TPSA) is 250 Å². The van der Waals surface area contributed by atoms with Gasteiger partial charge in [-0.2, -0.15) is 26.3 Å². The summed E-state index contributed by atoms with van der Waals surface area (Å²) in [6.45, 7) is 0. The molecule has 18 nitrogen and oxygen atoms in total. The summed E-state index contributed by atoms with van der Waals surface area (Å²) in [6, 6.07) is 8.11. The molecule has 0 spiro atoms. The molecule has 6 aromatic rings. The first-order chi connectivity index (χ1) is 29.2. The number of nitrogens with one attached hydrogen (secondary N) is 2. The van der Waals surface area contributed by atoms with Gasteiger partial charge in [0.2, 0.25) is 0 Å². The zero-order chi connectivity index (χ0) is 46.7. The number of hydrogen-bond acceptors (Lipinski definition) is 13. The maximum Gasteiger partial charge on any atom is 0.433 e. The van der Waals surface area contributed by atoms with Gasteiger partial charge in [0.15, 0.2) is 0 Å². The van der Waals surface area contributed by atoms with Crippen LogP contribution in [-0.2, 0) is 49.6 Å². The summed E-state index contributed by atoms with van der Waals surface area (Å²) in [5, 5.41) is 14.1. The predicted octanol–water partition coefficient (Wildman–Crippen LogP) is 4.66. The number of carbonyl (C=O) groups is 4. The number of aromatic carboxylic acids is 1. The van der Waals surface area contributed by atoms with Gasteiger partial charge in [-0.1, -0.05) is 12.1 Å². The summed E-state index contributed by atoms with van der Waals surface area (Å²) in [6.07, 6.45) is -1.57. The first-order valence-electron chi connectivity index (χ1n) is 17.6. The van der Waals surface area contributed by atoms with Crippen LogP contribution >= 0.6 is 0 Å². The second kappa shape index (κ2) is 18.2. The molecule has 0 aliphatic carbocycles. The maximum atomic E-state index is 12.9. The van der Waals surface area contributed by atoms with E-state index < -0.39 is 78.6 Å². The van der Waals surface area contributed by atoms with E-state index in [1.807, 2.05) is 0 Å². The van der Waals surface area contributed by atoms with Crippen molar-refractivity contribution in [1.29, 1.82) is 0 Å². The summed E-state index contributed by atoms with van der Waals surface area (Å²) in [5.41, 5.74) is -2.98. The molecule has 0 fully saturated rings. The highest BCUT2D eigenvalue weighted by Crippen LogP contribution is 2.29. The summed E-state index contributed by atoms with van der Waals surface area (Å²) in [4.78, 5) is 63.7. The van der Waals surface area contributed by atoms with Gasteiger partial charge in [0, 0.05) is 50.1 Å². The number of nitrogens with zero attached hydrogens (tertiary/aromatic N) is 6. The van der Waals surface area contributed by atoms with Gasteiger partial charge in [0.05, 0.1) is 52.5 Å². The molecule has 0 atom stereocenters. The lowest BCUT2D eigenvalue weighted by molar-refractivity contribution is -0.142. The number of hydrogen-bond donors (Lipinski definition) is 3. The number of esters is 1. The fraction of sp³-hybridized carbons (Fsp3) is 0.243. The number of ether oxygens (including phenoxy) is 1. The van der Waals surface area contributed by atoms with Crippen molar-refractivity contribution in [3.63, 3.8) is 0 Å². The fourth-order valence-corrected chi connectivity index (χ4v) is 6.62. The molecule has 0 aromatic carbocycles. The summed E-state index contributed by atoms with van der Waals surface area (Å²) in [7, 11) is -5.34. The number of amides is 2. The number of fused-ring (bicyclic) bond motifs is 2. The third kappa shape index (κ3) is 12.6. The monoisotopic (exact) mass is 926 g/mol. The van der Waals surface area contributed by atoms with Crippen LogP contribution in [0.25, 0.3) is 11.3 Å². The second-order valence-electron chi connectivity index (χ2n) is 13.5. The molecule has 0 saturated carbocycles. The molecule has 2 amide bonds. The molecule has 334 valence electrons. The SMILES string of the molecule is COC(=O)c1cc2nc(CCS(C)(=O)=O)cn2cc1NC(=O)c1cccc(C(F)(F)F)n1.CS(=O)(=O)CCc1cn2cc(NC(=O)c3cccc(C(F)(F)F)n3)c(C(=O)O)cc2n1. The molecule has 6 rings (SSSR count). The fourth-order valence-electron chi connectivity index (χ4n) is 5.46. The normalized spacial score (nSPS) is 12.1. The van der Waals surface area contributed by atoms with Gasteiger partial charge in [-0.3, -0.25) is 9.59 Å². The lowest BCUT2D eigenvalue weighted by Gasteiger charge is -2.11. The highest BCUT2D eigenvalue weighted by atomic mass is 32.2. The van der Waals surface area contributed by atoms with Crippen LogP contribution in [0.15, 0.2) is 73.3 Å². The van der Waals surface area contributed by atoms with E-state index >= 15 is 0 Å². The minimum absolute atomic E-state index is 0.0550. The van der Waals surface area contributed by atoms with Gasteiger partial charge in [-0.25, -0.2) is 46.4 Å². The second-order valence-corrected chi connectivity index (χ2v) is 18.0. The molecule has 63 heavy (non-hydrogen) atoms. The maximum absolute atomic E-state index is 12.9. The third-order valence-corrected chi connectivity index (χ3v) is 10.3. The van der Waals surface area contributed by atoms with Crippen molar-refractivity contribution < 1.29 is 72.2 Å². The van der Waals surface area contributed by atoms with Crippen molar-refractivity contribution >= 4 is 66.1 Å². The van der Waals surface area contributed by atoms with Gasteiger partial charge < -0.3 is 29.3 Å². The van der Waals surface area contributed by atoms with Crippen molar-refractivity contribution in [1.82, 2.24) is 28.7 Å². The van der Waals surface area contributed by atoms with Gasteiger partial charge in [-0.15, -0.1) is 0 Å². The van der Waals surface area contributed by atoms with E-state index in [2.05, 4.69) is 30.6 Å². The molecule has 0 aliphatic heterocycles. The smallest absolute Gasteiger partial charge is 0.433 e. The van der Waals surface area contributed by atoms with Crippen LogP contribution in [0.1, 0.15) is 64.5 Å². The Kier molecular flexibility index (Phi) is 13.6. The van der Waals surface area contributed by atoms with Crippen LogP contribution in [-0.4, -0.2) is 106 Å². The number of pyridine rings is 4. The number of aromatic nitrogens is 6. The first kappa shape index (κ1) is 47.1. The Hall–Kier alpha value is -6.96. The Morgan fingerprint density at radius 3 is 1.41 bits per heavy atom. The molecule has 0 aliphatic rings. The van der Waals surface area contributed by atoms with E-state index in [0.717, 1.165) is 56.0 Å². The number of anilines is 2. The quantitative estimate of drug-likeness (QED) is 0.112. The van der Waals surface area contributed by atoms with Crippen molar-refractivity contribution in [2.24, 2.45) is 0 Å². The minimum Gasteiger partial charge on any atom is -0.478 e. The van der Waals surface area contributed by atoms with Crippen molar-refractivity contribution in [2.45, 2.75) is 25.2 Å². The molecule has 6 heterocycles. The predicted molar refractivity (Wildman–Crippen MR) is 210 cm³/mol. The van der Waals surface area contributed by atoms with Crippen LogP contribution in [0, 0.1) is 0 Å². The molecule has 26 heteroatoms. The molecule has 0 radical (unpaired) electrons. The average molecular weight is 927 g/mol. The van der Waals surface area contributed by atoms with Gasteiger partial charge in [0.1, 0.15) is 53.7 Å². The van der Waals surface area contributed by atoms with Gasteiger partial charge >= 0.3 is 24.3 Å². The van der Waals surface area contributed by atoms with E-state index in [1.165, 1.54) is 39.7 Å². The van der Waals surface area contributed by atoms with E-state index in [1.54, 1.807) is 0 Å². The standard InChI is InChI=1S/C19H17F3N4O5S.C18H15F3N4O5S/c1-31-18(28)12-8-16-23-11(6-7-32(2,29)30)9-26(16)10-14(12)25-17(27)13-4-3-5-15(24-13)19(20,21)22;1-31(29,30)6-5-10-8-25-9-13(11(17(27)28)7-15(25)22-10)24-16(26)12-3-2-4-14(23-12)18(19,20)21/h3-5,8-10H,6-7H2,1-2H3,(H,25,27);2-4,7-9H,5-6H2,1H3,(H,24,26)(H,27,28). The number of rotatable bonds is 12. The number of imidazole rings is 2. The Labute approximate surface area is 351 Å². The van der Waals surface area contributed by atoms with E-state index in [0.29, 0.717) is 17.5 Å².